The summed E-state index contributed by atoms with van der Waals surface area (Å²) in [5.74, 6) is 0.467. The van der Waals surface area contributed by atoms with Gasteiger partial charge in [0, 0.05) is 17.8 Å². The summed E-state index contributed by atoms with van der Waals surface area (Å²) in [6.45, 7) is 3.51. The molecule has 2 heterocycles. The number of aromatic nitrogens is 2. The second kappa shape index (κ2) is 4.20. The third-order valence-corrected chi connectivity index (χ3v) is 2.08. The molecule has 0 atom stereocenters. The monoisotopic (exact) mass is 234 g/mol. The molecule has 2 aromatic rings. The minimum atomic E-state index is -0.502. The largest absolute Gasteiger partial charge is 0.338 e. The second-order valence-electron chi connectivity index (χ2n) is 3.54. The van der Waals surface area contributed by atoms with E-state index < -0.39 is 4.92 Å². The summed E-state index contributed by atoms with van der Waals surface area (Å²) in [6.07, 6.45) is 0. The van der Waals surface area contributed by atoms with Crippen molar-refractivity contribution < 1.29 is 9.45 Å². The van der Waals surface area contributed by atoms with Crippen molar-refractivity contribution in [2.45, 2.75) is 13.8 Å². The van der Waals surface area contributed by atoms with E-state index in [0.29, 0.717) is 17.3 Å². The zero-order valence-corrected chi connectivity index (χ0v) is 9.30. The van der Waals surface area contributed by atoms with Gasteiger partial charge in [-0.15, -0.1) is 0 Å². The molecule has 88 valence electrons. The second-order valence-corrected chi connectivity index (χ2v) is 3.54. The van der Waals surface area contributed by atoms with Crippen LogP contribution in [0, 0.1) is 24.0 Å². The molecule has 0 saturated carbocycles. The average molecular weight is 234 g/mol. The van der Waals surface area contributed by atoms with E-state index in [4.69, 9.17) is 4.52 Å². The molecule has 0 amide bonds. The summed E-state index contributed by atoms with van der Waals surface area (Å²) in [6, 6.07) is 4.61. The Bertz CT molecular complexity index is 564. The van der Waals surface area contributed by atoms with Crippen molar-refractivity contribution in [1.29, 1.82) is 0 Å². The van der Waals surface area contributed by atoms with Gasteiger partial charge in [0.1, 0.15) is 0 Å². The summed E-state index contributed by atoms with van der Waals surface area (Å²) >= 11 is 0. The zero-order chi connectivity index (χ0) is 12.4. The Morgan fingerprint density at radius 1 is 1.35 bits per heavy atom. The highest BCUT2D eigenvalue weighted by molar-refractivity contribution is 5.62. The Hall–Kier alpha value is -2.44. The number of aryl methyl sites for hydroxylation is 2. The number of hydrogen-bond acceptors (Lipinski definition) is 6. The maximum atomic E-state index is 10.8. The third kappa shape index (κ3) is 2.39. The SMILES string of the molecule is Cc1cc(Nc2nc(C)ccc2[N+](=O)[O-])on1. The first-order valence-electron chi connectivity index (χ1n) is 4.88. The van der Waals surface area contributed by atoms with Gasteiger partial charge >= 0.3 is 5.69 Å². The normalized spacial score (nSPS) is 10.2. The molecule has 0 aliphatic rings. The van der Waals surface area contributed by atoms with Crippen LogP contribution >= 0.6 is 0 Å². The zero-order valence-electron chi connectivity index (χ0n) is 9.30. The van der Waals surface area contributed by atoms with E-state index in [0.717, 1.165) is 0 Å². The maximum absolute atomic E-state index is 10.8. The summed E-state index contributed by atoms with van der Waals surface area (Å²) in [7, 11) is 0. The Morgan fingerprint density at radius 2 is 2.12 bits per heavy atom. The summed E-state index contributed by atoms with van der Waals surface area (Å²) in [4.78, 5) is 14.4. The third-order valence-electron chi connectivity index (χ3n) is 2.08. The minimum absolute atomic E-state index is 0.107. The quantitative estimate of drug-likeness (QED) is 0.647. The number of nitrogens with one attached hydrogen (secondary N) is 1. The Kier molecular flexibility index (Phi) is 2.73. The molecule has 17 heavy (non-hydrogen) atoms. The number of rotatable bonds is 3. The first-order valence-corrected chi connectivity index (χ1v) is 4.88. The van der Waals surface area contributed by atoms with Gasteiger partial charge in [-0.25, -0.2) is 4.98 Å². The fourth-order valence-electron chi connectivity index (χ4n) is 1.33. The highest BCUT2D eigenvalue weighted by atomic mass is 16.6. The average Bonchev–Trinajstić information content (AvgIpc) is 2.63. The Balaban J connectivity index is 2.37. The lowest BCUT2D eigenvalue weighted by atomic mass is 10.3. The van der Waals surface area contributed by atoms with E-state index in [1.807, 2.05) is 0 Å². The lowest BCUT2D eigenvalue weighted by molar-refractivity contribution is -0.384. The molecule has 0 aliphatic heterocycles. The number of anilines is 2. The van der Waals surface area contributed by atoms with E-state index in [1.165, 1.54) is 6.07 Å². The van der Waals surface area contributed by atoms with Crippen LogP contribution in [0.5, 0.6) is 0 Å². The maximum Gasteiger partial charge on any atom is 0.311 e. The molecule has 0 aromatic carbocycles. The van der Waals surface area contributed by atoms with Gasteiger partial charge in [0.25, 0.3) is 0 Å². The van der Waals surface area contributed by atoms with E-state index >= 15 is 0 Å². The topological polar surface area (TPSA) is 94.1 Å². The molecule has 0 saturated heterocycles. The highest BCUT2D eigenvalue weighted by Gasteiger charge is 2.16. The van der Waals surface area contributed by atoms with Crippen LogP contribution < -0.4 is 5.32 Å². The summed E-state index contributed by atoms with van der Waals surface area (Å²) in [5, 5.41) is 17.2. The van der Waals surface area contributed by atoms with Crippen molar-refractivity contribution in [3.05, 3.63) is 39.7 Å². The molecule has 0 fully saturated rings. The van der Waals surface area contributed by atoms with Gasteiger partial charge in [-0.3, -0.25) is 10.1 Å². The molecule has 7 heteroatoms. The van der Waals surface area contributed by atoms with Gasteiger partial charge in [-0.1, -0.05) is 5.16 Å². The van der Waals surface area contributed by atoms with Crippen molar-refractivity contribution >= 4 is 17.4 Å². The standard InChI is InChI=1S/C10H10N4O3/c1-6-3-4-8(14(15)16)10(11-6)12-9-5-7(2)13-17-9/h3-5H,1-2H3,(H,11,12). The van der Waals surface area contributed by atoms with Crippen LogP contribution in [-0.4, -0.2) is 15.1 Å². The molecule has 2 aromatic heterocycles. The van der Waals surface area contributed by atoms with Crippen LogP contribution in [0.1, 0.15) is 11.4 Å². The minimum Gasteiger partial charge on any atom is -0.338 e. The molecule has 0 bridgehead atoms. The number of hydrogen-bond donors (Lipinski definition) is 1. The first-order chi connectivity index (χ1) is 8.06. The van der Waals surface area contributed by atoms with Gasteiger partial charge in [0.2, 0.25) is 11.7 Å². The van der Waals surface area contributed by atoms with Crippen molar-refractivity contribution in [3.63, 3.8) is 0 Å². The van der Waals surface area contributed by atoms with Gasteiger partial charge in [-0.05, 0) is 19.9 Å². The molecule has 1 N–H and O–H groups in total. The van der Waals surface area contributed by atoms with E-state index in [-0.39, 0.29) is 11.5 Å². The van der Waals surface area contributed by atoms with Crippen LogP contribution in [0.25, 0.3) is 0 Å². The molecule has 0 unspecified atom stereocenters. The van der Waals surface area contributed by atoms with Gasteiger partial charge in [-0.2, -0.15) is 0 Å². The van der Waals surface area contributed by atoms with Crippen molar-refractivity contribution in [3.8, 4) is 0 Å². The molecular formula is C10H10N4O3. The summed E-state index contributed by atoms with van der Waals surface area (Å²) < 4.78 is 4.92. The molecule has 0 aliphatic carbocycles. The van der Waals surface area contributed by atoms with Crippen LogP contribution in [0.3, 0.4) is 0 Å². The lowest BCUT2D eigenvalue weighted by Gasteiger charge is -2.02. The summed E-state index contributed by atoms with van der Waals surface area (Å²) in [5.41, 5.74) is 1.25. The molecule has 7 nitrogen and oxygen atoms in total. The van der Waals surface area contributed by atoms with E-state index in [1.54, 1.807) is 26.0 Å². The predicted molar refractivity (Wildman–Crippen MR) is 60.2 cm³/mol. The lowest BCUT2D eigenvalue weighted by Crippen LogP contribution is -2.00. The van der Waals surface area contributed by atoms with Crippen molar-refractivity contribution in [1.82, 2.24) is 10.1 Å². The predicted octanol–water partition coefficient (Wildman–Crippen LogP) is 2.34. The molecule has 0 radical (unpaired) electrons. The van der Waals surface area contributed by atoms with Gasteiger partial charge in [0.15, 0.2) is 0 Å². The molecule has 2 rings (SSSR count). The van der Waals surface area contributed by atoms with Crippen LogP contribution in [0.4, 0.5) is 17.4 Å². The highest BCUT2D eigenvalue weighted by Crippen LogP contribution is 2.25. The van der Waals surface area contributed by atoms with Crippen molar-refractivity contribution in [2.75, 3.05) is 5.32 Å². The Morgan fingerprint density at radius 3 is 2.71 bits per heavy atom. The van der Waals surface area contributed by atoms with Gasteiger partial charge in [0.05, 0.1) is 10.6 Å². The van der Waals surface area contributed by atoms with E-state index in [9.17, 15) is 10.1 Å². The number of pyridine rings is 1. The van der Waals surface area contributed by atoms with E-state index in [2.05, 4.69) is 15.5 Å². The Labute approximate surface area is 96.6 Å². The van der Waals surface area contributed by atoms with Crippen LogP contribution in [0.2, 0.25) is 0 Å². The van der Waals surface area contributed by atoms with Crippen LogP contribution in [0.15, 0.2) is 22.7 Å². The number of nitrogens with zero attached hydrogens (tertiary/aromatic N) is 3. The van der Waals surface area contributed by atoms with Gasteiger partial charge < -0.3 is 9.84 Å². The molecular weight excluding hydrogens is 224 g/mol. The fraction of sp³-hybridized carbons (Fsp3) is 0.200. The number of nitro groups is 1. The fourth-order valence-corrected chi connectivity index (χ4v) is 1.33. The van der Waals surface area contributed by atoms with Crippen LogP contribution in [-0.2, 0) is 0 Å². The first kappa shape index (κ1) is 11.1. The van der Waals surface area contributed by atoms with Crippen molar-refractivity contribution in [2.24, 2.45) is 0 Å². The molecule has 0 spiro atoms. The smallest absolute Gasteiger partial charge is 0.311 e.